The van der Waals surface area contributed by atoms with E-state index >= 15 is 0 Å². The van der Waals surface area contributed by atoms with Gasteiger partial charge >= 0.3 is 12.3 Å². The molecule has 0 spiro atoms. The summed E-state index contributed by atoms with van der Waals surface area (Å²) in [5, 5.41) is 2.55. The molecule has 0 aliphatic rings. The first-order valence-electron chi connectivity index (χ1n) is 7.28. The maximum Gasteiger partial charge on any atom is 0.439 e. The highest BCUT2D eigenvalue weighted by molar-refractivity contribution is 5.94. The summed E-state index contributed by atoms with van der Waals surface area (Å²) >= 11 is 0. The number of rotatable bonds is 7. The van der Waals surface area contributed by atoms with Crippen LogP contribution in [0.2, 0.25) is 0 Å². The van der Waals surface area contributed by atoms with Crippen LogP contribution >= 0.6 is 0 Å². The number of carbonyl (C=O) groups excluding carboxylic acids is 1. The molecule has 2 rings (SSSR count). The normalized spacial score (nSPS) is 13.3. The molecule has 0 aliphatic heterocycles. The van der Waals surface area contributed by atoms with Crippen LogP contribution in [-0.2, 0) is 6.42 Å². The van der Waals surface area contributed by atoms with E-state index in [9.17, 15) is 31.1 Å². The Hall–Kier alpha value is -2.65. The van der Waals surface area contributed by atoms with Gasteiger partial charge in [0.15, 0.2) is 0 Å². The molecular formula is C16H13F6NO3. The summed E-state index contributed by atoms with van der Waals surface area (Å²) in [5.74, 6) is -0.593. The summed E-state index contributed by atoms with van der Waals surface area (Å²) in [7, 11) is 0. The van der Waals surface area contributed by atoms with Crippen molar-refractivity contribution in [3.05, 3.63) is 54.0 Å². The lowest BCUT2D eigenvalue weighted by atomic mass is 10.2. The number of alkyl halides is 6. The molecule has 0 aliphatic carbocycles. The van der Waals surface area contributed by atoms with Crippen LogP contribution in [-0.4, -0.2) is 30.9 Å². The number of amides is 1. The fourth-order valence-electron chi connectivity index (χ4n) is 1.93. The molecule has 0 bridgehead atoms. The fraction of sp³-hybridized carbons (Fsp3) is 0.312. The largest absolute Gasteiger partial charge is 0.469 e. The Labute approximate surface area is 143 Å². The van der Waals surface area contributed by atoms with Gasteiger partial charge in [0.05, 0.1) is 6.26 Å². The molecule has 0 fully saturated rings. The molecular weight excluding hydrogens is 368 g/mol. The van der Waals surface area contributed by atoms with Crippen molar-refractivity contribution in [3.63, 3.8) is 0 Å². The van der Waals surface area contributed by atoms with Crippen molar-refractivity contribution in [1.29, 1.82) is 0 Å². The number of benzene rings is 1. The molecule has 1 atom stereocenters. The minimum absolute atomic E-state index is 0.0627. The molecule has 0 radical (unpaired) electrons. The van der Waals surface area contributed by atoms with Gasteiger partial charge in [0.25, 0.3) is 12.1 Å². The van der Waals surface area contributed by atoms with Gasteiger partial charge in [-0.05, 0) is 36.4 Å². The number of halogens is 6. The second kappa shape index (κ2) is 7.71. The van der Waals surface area contributed by atoms with Gasteiger partial charge in [0, 0.05) is 18.5 Å². The highest BCUT2D eigenvalue weighted by Crippen LogP contribution is 2.36. The first-order chi connectivity index (χ1) is 12.1. The van der Waals surface area contributed by atoms with E-state index in [1.54, 1.807) is 12.1 Å². The lowest BCUT2D eigenvalue weighted by molar-refractivity contribution is -0.304. The Kier molecular flexibility index (Phi) is 5.83. The summed E-state index contributed by atoms with van der Waals surface area (Å²) in [6.45, 7) is 0.248. The summed E-state index contributed by atoms with van der Waals surface area (Å²) in [6, 6.07) is 7.23. The summed E-state index contributed by atoms with van der Waals surface area (Å²) in [6.07, 6.45) is -13.4. The third-order valence-electron chi connectivity index (χ3n) is 3.19. The first-order valence-corrected chi connectivity index (χ1v) is 7.28. The smallest absolute Gasteiger partial charge is 0.439 e. The zero-order valence-corrected chi connectivity index (χ0v) is 13.0. The number of nitrogens with one attached hydrogen (secondary N) is 1. The second-order valence-electron chi connectivity index (χ2n) is 5.18. The van der Waals surface area contributed by atoms with Crippen molar-refractivity contribution >= 4 is 5.91 Å². The molecule has 1 N–H and O–H groups in total. The SMILES string of the molecule is O=C(NCCc1ccco1)c1ccc(OC(F)(F)C(F)C(F)(F)F)cc1. The first kappa shape index (κ1) is 19.7. The van der Waals surface area contributed by atoms with Crippen molar-refractivity contribution in [2.45, 2.75) is 24.9 Å². The number of hydrogen-bond donors (Lipinski definition) is 1. The standard InChI is InChI=1S/C16H13F6NO3/c17-14(15(18,19)20)16(21,22)26-12-5-3-10(4-6-12)13(24)23-8-7-11-2-1-9-25-11/h1-6,9,14H,7-8H2,(H,23,24). The summed E-state index contributed by atoms with van der Waals surface area (Å²) in [4.78, 5) is 11.9. The van der Waals surface area contributed by atoms with E-state index in [-0.39, 0.29) is 12.1 Å². The molecule has 2 aromatic rings. The molecule has 1 aromatic heterocycles. The lowest BCUT2D eigenvalue weighted by Gasteiger charge is -2.23. The van der Waals surface area contributed by atoms with Crippen molar-refractivity contribution in [1.82, 2.24) is 5.32 Å². The third-order valence-corrected chi connectivity index (χ3v) is 3.19. The maximum absolute atomic E-state index is 13.2. The predicted molar refractivity (Wildman–Crippen MR) is 77.7 cm³/mol. The molecule has 1 heterocycles. The zero-order valence-electron chi connectivity index (χ0n) is 13.0. The Bertz CT molecular complexity index is 713. The number of hydrogen-bond acceptors (Lipinski definition) is 3. The van der Waals surface area contributed by atoms with Crippen LogP contribution < -0.4 is 10.1 Å². The maximum atomic E-state index is 13.2. The Morgan fingerprint density at radius 3 is 2.31 bits per heavy atom. The van der Waals surface area contributed by atoms with Gasteiger partial charge < -0.3 is 14.5 Å². The van der Waals surface area contributed by atoms with E-state index in [2.05, 4.69) is 10.1 Å². The molecule has 1 amide bonds. The van der Waals surface area contributed by atoms with Gasteiger partial charge in [0.1, 0.15) is 11.5 Å². The van der Waals surface area contributed by atoms with Gasteiger partial charge in [-0.2, -0.15) is 22.0 Å². The van der Waals surface area contributed by atoms with Crippen molar-refractivity contribution in [2.75, 3.05) is 6.54 Å². The lowest BCUT2D eigenvalue weighted by Crippen LogP contribution is -2.45. The Morgan fingerprint density at radius 2 is 1.77 bits per heavy atom. The number of furan rings is 1. The average molecular weight is 381 g/mol. The molecule has 10 heteroatoms. The average Bonchev–Trinajstić information content (AvgIpc) is 3.07. The molecule has 1 unspecified atom stereocenters. The van der Waals surface area contributed by atoms with E-state index < -0.39 is 30.1 Å². The Morgan fingerprint density at radius 1 is 1.12 bits per heavy atom. The van der Waals surface area contributed by atoms with Crippen LogP contribution in [0, 0.1) is 0 Å². The topological polar surface area (TPSA) is 51.5 Å². The van der Waals surface area contributed by atoms with Crippen LogP contribution in [0.5, 0.6) is 5.75 Å². The zero-order chi connectivity index (χ0) is 19.4. The summed E-state index contributed by atoms with van der Waals surface area (Å²) < 4.78 is 84.1. The van der Waals surface area contributed by atoms with Crippen LogP contribution in [0.3, 0.4) is 0 Å². The van der Waals surface area contributed by atoms with Crippen LogP contribution in [0.4, 0.5) is 26.3 Å². The molecule has 1 aromatic carbocycles. The highest BCUT2D eigenvalue weighted by Gasteiger charge is 2.59. The van der Waals surface area contributed by atoms with Gasteiger partial charge in [-0.15, -0.1) is 0 Å². The van der Waals surface area contributed by atoms with E-state index in [0.717, 1.165) is 24.3 Å². The second-order valence-corrected chi connectivity index (χ2v) is 5.18. The van der Waals surface area contributed by atoms with Crippen LogP contribution in [0.15, 0.2) is 47.1 Å². The predicted octanol–water partition coefficient (Wildman–Crippen LogP) is 4.12. The van der Waals surface area contributed by atoms with E-state index in [0.29, 0.717) is 12.2 Å². The molecule has 0 saturated carbocycles. The molecule has 26 heavy (non-hydrogen) atoms. The highest BCUT2D eigenvalue weighted by atomic mass is 19.4. The summed E-state index contributed by atoms with van der Waals surface area (Å²) in [5.41, 5.74) is 0.0627. The van der Waals surface area contributed by atoms with Crippen molar-refractivity contribution < 1.29 is 40.3 Å². The van der Waals surface area contributed by atoms with E-state index in [1.807, 2.05) is 0 Å². The van der Waals surface area contributed by atoms with Crippen molar-refractivity contribution in [3.8, 4) is 5.75 Å². The van der Waals surface area contributed by atoms with Crippen LogP contribution in [0.1, 0.15) is 16.1 Å². The third kappa shape index (κ3) is 5.17. The fourth-order valence-corrected chi connectivity index (χ4v) is 1.93. The van der Waals surface area contributed by atoms with E-state index in [1.165, 1.54) is 6.26 Å². The minimum Gasteiger partial charge on any atom is -0.469 e. The van der Waals surface area contributed by atoms with E-state index in [4.69, 9.17) is 4.42 Å². The van der Waals surface area contributed by atoms with Crippen LogP contribution in [0.25, 0.3) is 0 Å². The van der Waals surface area contributed by atoms with Crippen molar-refractivity contribution in [2.24, 2.45) is 0 Å². The number of carbonyl (C=O) groups is 1. The molecule has 4 nitrogen and oxygen atoms in total. The van der Waals surface area contributed by atoms with Gasteiger partial charge in [-0.3, -0.25) is 4.79 Å². The quantitative estimate of drug-likeness (QED) is 0.734. The monoisotopic (exact) mass is 381 g/mol. The Balaban J connectivity index is 1.91. The number of ether oxygens (including phenoxy) is 1. The minimum atomic E-state index is -5.77. The van der Waals surface area contributed by atoms with Gasteiger partial charge in [0.2, 0.25) is 0 Å². The molecule has 0 saturated heterocycles. The van der Waals surface area contributed by atoms with Gasteiger partial charge in [-0.25, -0.2) is 4.39 Å². The molecule has 142 valence electrons. The van der Waals surface area contributed by atoms with Gasteiger partial charge in [-0.1, -0.05) is 0 Å².